The maximum Gasteiger partial charge on any atom is 0.231 e. The Hall–Kier alpha value is -3.26. The molecule has 4 rings (SSSR count). The molecule has 156 valence electrons. The third kappa shape index (κ3) is 4.65. The van der Waals surface area contributed by atoms with Crippen LogP contribution in [0.3, 0.4) is 0 Å². The number of rotatable bonds is 8. The molecule has 0 radical (unpaired) electrons. The van der Waals surface area contributed by atoms with Crippen molar-refractivity contribution < 1.29 is 23.7 Å². The van der Waals surface area contributed by atoms with Crippen LogP contribution in [0.5, 0.6) is 23.0 Å². The SMILES string of the molecule is COc1ccc(OCCCC(=O)Nc2nc(-c3ccc4c(c3)OCO4)c(C)s2)cc1. The fourth-order valence-electron chi connectivity index (χ4n) is 3.04. The molecule has 0 saturated heterocycles. The van der Waals surface area contributed by atoms with Crippen molar-refractivity contribution in [3.8, 4) is 34.3 Å². The number of carbonyl (C=O) groups is 1. The van der Waals surface area contributed by atoms with Crippen LogP contribution < -0.4 is 24.3 Å². The lowest BCUT2D eigenvalue weighted by Gasteiger charge is -2.07. The molecule has 0 atom stereocenters. The van der Waals surface area contributed by atoms with Gasteiger partial charge in [0.1, 0.15) is 11.5 Å². The van der Waals surface area contributed by atoms with Crippen LogP contribution in [0.4, 0.5) is 5.13 Å². The van der Waals surface area contributed by atoms with Crippen LogP contribution in [-0.2, 0) is 4.79 Å². The number of nitrogens with zero attached hydrogens (tertiary/aromatic N) is 1. The van der Waals surface area contributed by atoms with Gasteiger partial charge in [-0.2, -0.15) is 0 Å². The fourth-order valence-corrected chi connectivity index (χ4v) is 3.89. The van der Waals surface area contributed by atoms with Crippen molar-refractivity contribution in [2.45, 2.75) is 19.8 Å². The molecule has 0 spiro atoms. The first kappa shape index (κ1) is 20.0. The number of amides is 1. The van der Waals surface area contributed by atoms with Gasteiger partial charge in [-0.25, -0.2) is 4.98 Å². The summed E-state index contributed by atoms with van der Waals surface area (Å²) in [5, 5.41) is 3.46. The quantitative estimate of drug-likeness (QED) is 0.528. The molecule has 0 aliphatic carbocycles. The Bertz CT molecular complexity index is 1030. The summed E-state index contributed by atoms with van der Waals surface area (Å²) in [6.45, 7) is 2.67. The van der Waals surface area contributed by atoms with Crippen LogP contribution in [0, 0.1) is 6.92 Å². The Labute approximate surface area is 178 Å². The molecule has 1 N–H and O–H groups in total. The van der Waals surface area contributed by atoms with Crippen molar-refractivity contribution in [3.63, 3.8) is 0 Å². The zero-order chi connectivity index (χ0) is 20.9. The van der Waals surface area contributed by atoms with E-state index in [1.807, 2.05) is 49.4 Å². The van der Waals surface area contributed by atoms with E-state index in [9.17, 15) is 4.79 Å². The molecule has 1 aromatic heterocycles. The van der Waals surface area contributed by atoms with E-state index in [0.717, 1.165) is 33.4 Å². The molecule has 8 heteroatoms. The average Bonchev–Trinajstić information content (AvgIpc) is 3.37. The van der Waals surface area contributed by atoms with Crippen LogP contribution in [0.2, 0.25) is 0 Å². The number of fused-ring (bicyclic) bond motifs is 1. The minimum Gasteiger partial charge on any atom is -0.497 e. The lowest BCUT2D eigenvalue weighted by molar-refractivity contribution is -0.116. The number of hydrogen-bond acceptors (Lipinski definition) is 7. The molecule has 2 heterocycles. The summed E-state index contributed by atoms with van der Waals surface area (Å²) in [7, 11) is 1.62. The summed E-state index contributed by atoms with van der Waals surface area (Å²) in [5.74, 6) is 2.89. The fraction of sp³-hybridized carbons (Fsp3) is 0.273. The molecule has 0 fully saturated rings. The van der Waals surface area contributed by atoms with Crippen LogP contribution in [0.25, 0.3) is 11.3 Å². The third-order valence-electron chi connectivity index (χ3n) is 4.57. The summed E-state index contributed by atoms with van der Waals surface area (Å²) in [6.07, 6.45) is 0.964. The third-order valence-corrected chi connectivity index (χ3v) is 5.45. The summed E-state index contributed by atoms with van der Waals surface area (Å²) in [5.41, 5.74) is 1.76. The largest absolute Gasteiger partial charge is 0.497 e. The van der Waals surface area contributed by atoms with Gasteiger partial charge in [-0.3, -0.25) is 4.79 Å². The predicted octanol–water partition coefficient (Wildman–Crippen LogP) is 4.65. The first-order valence-electron chi connectivity index (χ1n) is 9.56. The van der Waals surface area contributed by atoms with E-state index in [2.05, 4.69) is 10.3 Å². The number of aryl methyl sites for hydroxylation is 1. The van der Waals surface area contributed by atoms with E-state index < -0.39 is 0 Å². The van der Waals surface area contributed by atoms with Gasteiger partial charge in [-0.1, -0.05) is 0 Å². The Morgan fingerprint density at radius 2 is 1.90 bits per heavy atom. The average molecular weight is 426 g/mol. The first-order chi connectivity index (χ1) is 14.6. The zero-order valence-electron chi connectivity index (χ0n) is 16.8. The number of carbonyl (C=O) groups excluding carboxylic acids is 1. The Morgan fingerprint density at radius 1 is 1.13 bits per heavy atom. The van der Waals surface area contributed by atoms with Gasteiger partial charge in [0.2, 0.25) is 12.7 Å². The van der Waals surface area contributed by atoms with E-state index in [1.54, 1.807) is 7.11 Å². The lowest BCUT2D eigenvalue weighted by Crippen LogP contribution is -2.12. The second-order valence-corrected chi connectivity index (χ2v) is 7.87. The standard InChI is InChI=1S/C22H22N2O5S/c1-14-21(15-5-10-18-19(12-15)29-13-28-18)24-22(30-14)23-20(25)4-3-11-27-17-8-6-16(26-2)7-9-17/h5-10,12H,3-4,11,13H2,1-2H3,(H,23,24,25). The highest BCUT2D eigenvalue weighted by atomic mass is 32.1. The summed E-state index contributed by atoms with van der Waals surface area (Å²) in [4.78, 5) is 17.9. The highest BCUT2D eigenvalue weighted by Crippen LogP contribution is 2.38. The molecule has 1 amide bonds. The minimum absolute atomic E-state index is 0.0840. The molecule has 2 aromatic carbocycles. The molecular formula is C22H22N2O5S. The second-order valence-electron chi connectivity index (χ2n) is 6.67. The molecule has 30 heavy (non-hydrogen) atoms. The highest BCUT2D eigenvalue weighted by Gasteiger charge is 2.17. The monoisotopic (exact) mass is 426 g/mol. The van der Waals surface area contributed by atoms with Gasteiger partial charge in [0.25, 0.3) is 0 Å². The zero-order valence-corrected chi connectivity index (χ0v) is 17.6. The predicted molar refractivity (Wildman–Crippen MR) is 115 cm³/mol. The Morgan fingerprint density at radius 3 is 2.70 bits per heavy atom. The number of benzene rings is 2. The number of anilines is 1. The summed E-state index contributed by atoms with van der Waals surface area (Å²) < 4.78 is 21.6. The topological polar surface area (TPSA) is 78.9 Å². The van der Waals surface area contributed by atoms with Gasteiger partial charge in [0.05, 0.1) is 19.4 Å². The van der Waals surface area contributed by atoms with E-state index in [-0.39, 0.29) is 12.7 Å². The number of hydrogen-bond donors (Lipinski definition) is 1. The number of thiazole rings is 1. The van der Waals surface area contributed by atoms with Crippen LogP contribution in [0.15, 0.2) is 42.5 Å². The first-order valence-corrected chi connectivity index (χ1v) is 10.4. The van der Waals surface area contributed by atoms with Gasteiger partial charge in [0.15, 0.2) is 16.6 Å². The van der Waals surface area contributed by atoms with Crippen LogP contribution >= 0.6 is 11.3 Å². The smallest absolute Gasteiger partial charge is 0.231 e. The molecule has 7 nitrogen and oxygen atoms in total. The second kappa shape index (κ2) is 9.04. The number of nitrogens with one attached hydrogen (secondary N) is 1. The summed E-state index contributed by atoms with van der Waals surface area (Å²) in [6, 6.07) is 13.1. The van der Waals surface area contributed by atoms with Crippen molar-refractivity contribution in [1.82, 2.24) is 4.98 Å². The van der Waals surface area contributed by atoms with Gasteiger partial charge in [-0.15, -0.1) is 11.3 Å². The van der Waals surface area contributed by atoms with Gasteiger partial charge < -0.3 is 24.3 Å². The van der Waals surface area contributed by atoms with Crippen LogP contribution in [-0.4, -0.2) is 31.4 Å². The molecule has 1 aliphatic rings. The summed E-state index contributed by atoms with van der Waals surface area (Å²) >= 11 is 1.45. The molecule has 0 saturated carbocycles. The maximum atomic E-state index is 12.3. The minimum atomic E-state index is -0.0840. The van der Waals surface area contributed by atoms with E-state index in [0.29, 0.717) is 30.3 Å². The van der Waals surface area contributed by atoms with Gasteiger partial charge in [-0.05, 0) is 55.8 Å². The van der Waals surface area contributed by atoms with Gasteiger partial charge in [0, 0.05) is 16.9 Å². The van der Waals surface area contributed by atoms with Gasteiger partial charge >= 0.3 is 0 Å². The molecule has 3 aromatic rings. The van der Waals surface area contributed by atoms with E-state index in [1.165, 1.54) is 11.3 Å². The van der Waals surface area contributed by atoms with Crippen molar-refractivity contribution >= 4 is 22.4 Å². The number of aromatic nitrogens is 1. The van der Waals surface area contributed by atoms with Crippen molar-refractivity contribution in [2.75, 3.05) is 25.8 Å². The van der Waals surface area contributed by atoms with Crippen molar-refractivity contribution in [3.05, 3.63) is 47.3 Å². The van der Waals surface area contributed by atoms with Crippen molar-refractivity contribution in [1.29, 1.82) is 0 Å². The maximum absolute atomic E-state index is 12.3. The Kier molecular flexibility index (Phi) is 6.04. The van der Waals surface area contributed by atoms with E-state index >= 15 is 0 Å². The Balaban J connectivity index is 1.28. The molecule has 1 aliphatic heterocycles. The number of ether oxygens (including phenoxy) is 4. The number of methoxy groups -OCH3 is 1. The lowest BCUT2D eigenvalue weighted by atomic mass is 10.1. The molecule has 0 unspecified atom stereocenters. The highest BCUT2D eigenvalue weighted by molar-refractivity contribution is 7.16. The van der Waals surface area contributed by atoms with E-state index in [4.69, 9.17) is 18.9 Å². The van der Waals surface area contributed by atoms with Crippen molar-refractivity contribution in [2.24, 2.45) is 0 Å². The normalized spacial score (nSPS) is 11.9. The molecular weight excluding hydrogens is 404 g/mol. The van der Waals surface area contributed by atoms with Crippen LogP contribution in [0.1, 0.15) is 17.7 Å². The molecule has 0 bridgehead atoms.